The number of piperazine rings is 1. The van der Waals surface area contributed by atoms with Gasteiger partial charge < -0.3 is 9.64 Å². The summed E-state index contributed by atoms with van der Waals surface area (Å²) in [6.45, 7) is 4.75. The van der Waals surface area contributed by atoms with Crippen LogP contribution in [-0.4, -0.2) is 102 Å². The first-order chi connectivity index (χ1) is 17.5. The van der Waals surface area contributed by atoms with Crippen molar-refractivity contribution in [2.24, 2.45) is 0 Å². The van der Waals surface area contributed by atoms with Crippen LogP contribution in [0.5, 0.6) is 0 Å². The molecule has 0 unspecified atom stereocenters. The van der Waals surface area contributed by atoms with Crippen molar-refractivity contribution in [1.82, 2.24) is 29.1 Å². The molecule has 1 saturated carbocycles. The van der Waals surface area contributed by atoms with Crippen LogP contribution in [0.3, 0.4) is 0 Å². The van der Waals surface area contributed by atoms with Gasteiger partial charge in [0.1, 0.15) is 11.6 Å². The number of carbonyl (C=O) groups is 1. The van der Waals surface area contributed by atoms with Crippen molar-refractivity contribution in [3.63, 3.8) is 0 Å². The van der Waals surface area contributed by atoms with Crippen molar-refractivity contribution in [3.8, 4) is 0 Å². The monoisotopic (exact) mass is 518 g/mol. The number of rotatable bonds is 8. The summed E-state index contributed by atoms with van der Waals surface area (Å²) in [4.78, 5) is 18.1. The number of sulfonamides is 1. The van der Waals surface area contributed by atoms with Gasteiger partial charge >= 0.3 is 0 Å². The van der Waals surface area contributed by atoms with Crippen molar-refractivity contribution in [3.05, 3.63) is 18.2 Å². The lowest BCUT2D eigenvalue weighted by Gasteiger charge is -2.41. The highest BCUT2D eigenvalue weighted by molar-refractivity contribution is 7.89. The molecule has 1 amide bonds. The summed E-state index contributed by atoms with van der Waals surface area (Å²) >= 11 is 0. The molecule has 2 aromatic rings. The first-order valence-electron chi connectivity index (χ1n) is 13.4. The van der Waals surface area contributed by atoms with Gasteiger partial charge in [-0.3, -0.25) is 9.69 Å². The Morgan fingerprint density at radius 1 is 1.03 bits per heavy atom. The van der Waals surface area contributed by atoms with E-state index in [1.807, 2.05) is 4.90 Å². The number of carbonyl (C=O) groups excluding carboxylic acids is 1. The number of benzene rings is 1. The number of amides is 1. The van der Waals surface area contributed by atoms with Crippen LogP contribution >= 0.6 is 0 Å². The number of aromatic nitrogens is 3. The standard InChI is InChI=1S/C25H38N6O4S/c1-35-18-6-12-30-23-11-10-21(19-22(23)26-27-30)36(33,34)31-13-5-9-24(31)25(32)29-16-14-28(15-17-29)20-7-3-2-4-8-20/h10-11,19-20,24H,2-9,12-18H2,1H3/t24-/m1/s1. The van der Waals surface area contributed by atoms with Crippen LogP contribution in [0, 0.1) is 0 Å². The molecule has 3 fully saturated rings. The fourth-order valence-electron chi connectivity index (χ4n) is 6.01. The largest absolute Gasteiger partial charge is 0.385 e. The Morgan fingerprint density at radius 3 is 2.56 bits per heavy atom. The number of hydrogen-bond donors (Lipinski definition) is 0. The van der Waals surface area contributed by atoms with E-state index in [1.165, 1.54) is 36.4 Å². The smallest absolute Gasteiger partial charge is 0.243 e. The van der Waals surface area contributed by atoms with Gasteiger partial charge in [-0.1, -0.05) is 24.5 Å². The van der Waals surface area contributed by atoms with Crippen molar-refractivity contribution in [1.29, 1.82) is 0 Å². The topological polar surface area (TPSA) is 101 Å². The molecule has 0 bridgehead atoms. The van der Waals surface area contributed by atoms with E-state index in [1.54, 1.807) is 30.0 Å². The van der Waals surface area contributed by atoms with Crippen LogP contribution in [0.1, 0.15) is 51.4 Å². The molecule has 5 rings (SSSR count). The third kappa shape index (κ3) is 5.16. The zero-order valence-corrected chi connectivity index (χ0v) is 22.0. The Labute approximate surface area is 213 Å². The minimum atomic E-state index is -3.82. The maximum absolute atomic E-state index is 13.6. The van der Waals surface area contributed by atoms with Crippen molar-refractivity contribution in [2.75, 3.05) is 46.4 Å². The predicted molar refractivity (Wildman–Crippen MR) is 136 cm³/mol. The molecule has 2 saturated heterocycles. The molecule has 1 aliphatic carbocycles. The van der Waals surface area contributed by atoms with Gasteiger partial charge in [-0.25, -0.2) is 13.1 Å². The number of hydrogen-bond acceptors (Lipinski definition) is 7. The fourth-order valence-corrected chi connectivity index (χ4v) is 7.68. The molecule has 1 atom stereocenters. The summed E-state index contributed by atoms with van der Waals surface area (Å²) in [7, 11) is -2.17. The van der Waals surface area contributed by atoms with E-state index in [0.717, 1.165) is 25.0 Å². The zero-order chi connectivity index (χ0) is 25.1. The molecule has 0 N–H and O–H groups in total. The molecule has 1 aromatic heterocycles. The molecule has 0 spiro atoms. The van der Waals surface area contributed by atoms with Crippen LogP contribution in [0.25, 0.3) is 11.0 Å². The summed E-state index contributed by atoms with van der Waals surface area (Å²) < 4.78 is 35.5. The van der Waals surface area contributed by atoms with E-state index in [0.29, 0.717) is 57.2 Å². The minimum Gasteiger partial charge on any atom is -0.385 e. The first kappa shape index (κ1) is 25.6. The zero-order valence-electron chi connectivity index (χ0n) is 21.2. The molecular formula is C25H38N6O4S. The van der Waals surface area contributed by atoms with Crippen LogP contribution in [0.4, 0.5) is 0 Å². The van der Waals surface area contributed by atoms with Crippen LogP contribution in [-0.2, 0) is 26.1 Å². The van der Waals surface area contributed by atoms with Crippen LogP contribution in [0.15, 0.2) is 23.1 Å². The summed E-state index contributed by atoms with van der Waals surface area (Å²) in [5.74, 6) is -0.0514. The van der Waals surface area contributed by atoms with Gasteiger partial charge in [0.05, 0.1) is 10.4 Å². The molecule has 10 nitrogen and oxygen atoms in total. The Hall–Kier alpha value is -2.08. The molecule has 3 heterocycles. The minimum absolute atomic E-state index is 0.0514. The van der Waals surface area contributed by atoms with Crippen LogP contribution < -0.4 is 0 Å². The molecule has 0 radical (unpaired) electrons. The first-order valence-corrected chi connectivity index (χ1v) is 14.8. The van der Waals surface area contributed by atoms with E-state index in [4.69, 9.17) is 4.74 Å². The quantitative estimate of drug-likeness (QED) is 0.493. The highest BCUT2D eigenvalue weighted by Gasteiger charge is 2.42. The predicted octanol–water partition coefficient (Wildman–Crippen LogP) is 2.10. The summed E-state index contributed by atoms with van der Waals surface area (Å²) in [6.07, 6.45) is 8.50. The molecule has 198 valence electrons. The van der Waals surface area contributed by atoms with Crippen LogP contribution in [0.2, 0.25) is 0 Å². The van der Waals surface area contributed by atoms with Gasteiger partial charge in [-0.15, -0.1) is 5.10 Å². The van der Waals surface area contributed by atoms with E-state index >= 15 is 0 Å². The Kier molecular flexibility index (Phi) is 7.90. The normalized spacial score (nSPS) is 23.0. The van der Waals surface area contributed by atoms with Gasteiger partial charge in [0, 0.05) is 59.0 Å². The summed E-state index contributed by atoms with van der Waals surface area (Å²) in [5.41, 5.74) is 1.32. The lowest BCUT2D eigenvalue weighted by molar-refractivity contribution is -0.136. The van der Waals surface area contributed by atoms with E-state index in [2.05, 4.69) is 15.2 Å². The Bertz CT molecular complexity index is 1150. The SMILES string of the molecule is COCCCn1nnc2cc(S(=O)(=O)N3CCC[C@@H]3C(=O)N3CCN(C4CCCCC4)CC3)ccc21. The molecule has 11 heteroatoms. The van der Waals surface area contributed by atoms with E-state index in [-0.39, 0.29) is 10.8 Å². The number of ether oxygens (including phenoxy) is 1. The summed E-state index contributed by atoms with van der Waals surface area (Å²) in [5, 5.41) is 8.35. The molecular weight excluding hydrogens is 480 g/mol. The summed E-state index contributed by atoms with van der Waals surface area (Å²) in [6, 6.07) is 4.96. The Morgan fingerprint density at radius 2 is 1.81 bits per heavy atom. The lowest BCUT2D eigenvalue weighted by atomic mass is 9.94. The molecule has 3 aliphatic rings. The molecule has 1 aromatic carbocycles. The number of nitrogens with zero attached hydrogens (tertiary/aromatic N) is 6. The van der Waals surface area contributed by atoms with E-state index < -0.39 is 16.1 Å². The van der Waals surface area contributed by atoms with Crippen molar-refractivity contribution < 1.29 is 17.9 Å². The number of fused-ring (bicyclic) bond motifs is 1. The number of aryl methyl sites for hydroxylation is 1. The molecule has 36 heavy (non-hydrogen) atoms. The highest BCUT2D eigenvalue weighted by atomic mass is 32.2. The fraction of sp³-hybridized carbons (Fsp3) is 0.720. The maximum Gasteiger partial charge on any atom is 0.243 e. The maximum atomic E-state index is 13.6. The average molecular weight is 519 g/mol. The van der Waals surface area contributed by atoms with Gasteiger partial charge in [0.2, 0.25) is 15.9 Å². The van der Waals surface area contributed by atoms with Gasteiger partial charge in [0.25, 0.3) is 0 Å². The second kappa shape index (κ2) is 11.1. The van der Waals surface area contributed by atoms with Gasteiger partial charge in [0.15, 0.2) is 0 Å². The van der Waals surface area contributed by atoms with Gasteiger partial charge in [-0.2, -0.15) is 4.31 Å². The Balaban J connectivity index is 1.26. The molecule has 2 aliphatic heterocycles. The number of methoxy groups -OCH3 is 1. The van der Waals surface area contributed by atoms with E-state index in [9.17, 15) is 13.2 Å². The lowest BCUT2D eigenvalue weighted by Crippen LogP contribution is -2.56. The van der Waals surface area contributed by atoms with Gasteiger partial charge in [-0.05, 0) is 50.3 Å². The third-order valence-corrected chi connectivity index (χ3v) is 9.92. The average Bonchev–Trinajstić information content (AvgIpc) is 3.57. The van der Waals surface area contributed by atoms with Crippen molar-refractivity contribution >= 4 is 27.0 Å². The second-order valence-electron chi connectivity index (χ2n) is 10.2. The van der Waals surface area contributed by atoms with Crippen molar-refractivity contribution in [2.45, 2.75) is 74.9 Å². The highest BCUT2D eigenvalue weighted by Crippen LogP contribution is 2.30. The second-order valence-corrected chi connectivity index (χ2v) is 12.1. The third-order valence-electron chi connectivity index (χ3n) is 8.02.